The van der Waals surface area contributed by atoms with Crippen molar-refractivity contribution in [1.29, 1.82) is 0 Å². The van der Waals surface area contributed by atoms with Crippen molar-refractivity contribution in [3.05, 3.63) is 63.3 Å². The molecule has 0 spiro atoms. The monoisotopic (exact) mass is 384 g/mol. The second kappa shape index (κ2) is 7.93. The molecule has 0 aromatic carbocycles. The molecule has 1 saturated heterocycles. The van der Waals surface area contributed by atoms with Crippen LogP contribution in [0.4, 0.5) is 0 Å². The van der Waals surface area contributed by atoms with Gasteiger partial charge in [-0.3, -0.25) is 19.4 Å². The molecule has 28 heavy (non-hydrogen) atoms. The molecular weight excluding hydrogens is 360 g/mol. The summed E-state index contributed by atoms with van der Waals surface area (Å²) in [6.45, 7) is 3.98. The smallest absolute Gasteiger partial charge is 0.272 e. The van der Waals surface area contributed by atoms with Gasteiger partial charge in [-0.05, 0) is 44.0 Å². The molecule has 2 N–H and O–H groups in total. The highest BCUT2D eigenvalue weighted by molar-refractivity contribution is 5.95. The standard InChI is InChI=1S/C20H24N4O4/c1-12-10-13(2)23(3)20(28)17(12)18(26)22-14-7-9-24(11-16(14)25)19(27)15-6-4-5-8-21-15/h4-6,8,10,14,16,25H,7,9,11H2,1-3H3,(H,22,26)/t14-,16-/m1/s1. The zero-order valence-corrected chi connectivity index (χ0v) is 16.2. The highest BCUT2D eigenvalue weighted by Crippen LogP contribution is 2.15. The summed E-state index contributed by atoms with van der Waals surface area (Å²) >= 11 is 0. The number of rotatable bonds is 3. The summed E-state index contributed by atoms with van der Waals surface area (Å²) in [5.74, 6) is -0.765. The molecule has 148 valence electrons. The number of nitrogens with zero attached hydrogens (tertiary/aromatic N) is 3. The summed E-state index contributed by atoms with van der Waals surface area (Å²) in [5.41, 5.74) is 1.38. The van der Waals surface area contributed by atoms with E-state index in [1.807, 2.05) is 0 Å². The summed E-state index contributed by atoms with van der Waals surface area (Å²) in [7, 11) is 1.62. The van der Waals surface area contributed by atoms with Crippen molar-refractivity contribution in [3.8, 4) is 0 Å². The van der Waals surface area contributed by atoms with Gasteiger partial charge in [-0.25, -0.2) is 0 Å². The first-order chi connectivity index (χ1) is 13.3. The number of pyridine rings is 2. The number of carbonyl (C=O) groups excluding carboxylic acids is 2. The lowest BCUT2D eigenvalue weighted by atomic mass is 10.00. The normalized spacial score (nSPS) is 19.4. The van der Waals surface area contributed by atoms with Crippen LogP contribution in [-0.2, 0) is 7.05 Å². The van der Waals surface area contributed by atoms with Crippen molar-refractivity contribution >= 4 is 11.8 Å². The van der Waals surface area contributed by atoms with E-state index in [-0.39, 0.29) is 23.6 Å². The van der Waals surface area contributed by atoms with Gasteiger partial charge in [0.2, 0.25) is 0 Å². The summed E-state index contributed by atoms with van der Waals surface area (Å²) in [6.07, 6.45) is 0.998. The predicted octanol–water partition coefficient (Wildman–Crippen LogP) is 0.403. The quantitative estimate of drug-likeness (QED) is 0.797. The van der Waals surface area contributed by atoms with E-state index in [4.69, 9.17) is 0 Å². The van der Waals surface area contributed by atoms with Crippen molar-refractivity contribution in [1.82, 2.24) is 19.8 Å². The highest BCUT2D eigenvalue weighted by Gasteiger charge is 2.32. The number of piperidine rings is 1. The molecule has 2 aromatic rings. The van der Waals surface area contributed by atoms with Gasteiger partial charge in [0.1, 0.15) is 11.3 Å². The first-order valence-corrected chi connectivity index (χ1v) is 9.16. The lowest BCUT2D eigenvalue weighted by Crippen LogP contribution is -2.56. The molecule has 1 aliphatic heterocycles. The van der Waals surface area contributed by atoms with E-state index in [1.165, 1.54) is 9.47 Å². The molecule has 3 rings (SSSR count). The number of amides is 2. The third-order valence-corrected chi connectivity index (χ3v) is 5.16. The minimum absolute atomic E-state index is 0.0762. The highest BCUT2D eigenvalue weighted by atomic mass is 16.3. The molecule has 0 aliphatic carbocycles. The van der Waals surface area contributed by atoms with Crippen LogP contribution >= 0.6 is 0 Å². The number of nitrogens with one attached hydrogen (secondary N) is 1. The molecule has 1 aliphatic rings. The number of aliphatic hydroxyl groups is 1. The van der Waals surface area contributed by atoms with Crippen LogP contribution in [0.5, 0.6) is 0 Å². The number of carbonyl (C=O) groups is 2. The Morgan fingerprint density at radius 2 is 2.04 bits per heavy atom. The Morgan fingerprint density at radius 3 is 2.68 bits per heavy atom. The van der Waals surface area contributed by atoms with Crippen molar-refractivity contribution in [3.63, 3.8) is 0 Å². The fourth-order valence-corrected chi connectivity index (χ4v) is 3.43. The molecule has 0 unspecified atom stereocenters. The van der Waals surface area contributed by atoms with Crippen LogP contribution < -0.4 is 10.9 Å². The van der Waals surface area contributed by atoms with E-state index in [0.717, 1.165) is 5.69 Å². The SMILES string of the molecule is Cc1cc(C)n(C)c(=O)c1C(=O)N[C@@H]1CCN(C(=O)c2ccccn2)C[C@H]1O. The lowest BCUT2D eigenvalue weighted by Gasteiger charge is -2.36. The first-order valence-electron chi connectivity index (χ1n) is 9.16. The summed E-state index contributed by atoms with van der Waals surface area (Å²) in [6, 6.07) is 6.32. The van der Waals surface area contributed by atoms with Gasteiger partial charge < -0.3 is 19.9 Å². The van der Waals surface area contributed by atoms with E-state index in [2.05, 4.69) is 10.3 Å². The zero-order valence-electron chi connectivity index (χ0n) is 16.2. The summed E-state index contributed by atoms with van der Waals surface area (Å²) < 4.78 is 1.42. The van der Waals surface area contributed by atoms with E-state index in [1.54, 1.807) is 51.4 Å². The molecule has 2 atom stereocenters. The number of likely N-dealkylation sites (tertiary alicyclic amines) is 1. The van der Waals surface area contributed by atoms with Gasteiger partial charge in [0.25, 0.3) is 17.4 Å². The Labute approximate surface area is 162 Å². The topological polar surface area (TPSA) is 105 Å². The van der Waals surface area contributed by atoms with Gasteiger partial charge in [0, 0.05) is 32.0 Å². The number of β-amino-alcohol motifs (C(OH)–C–C–N with tert-alkyl or cyclic N) is 1. The largest absolute Gasteiger partial charge is 0.389 e. The molecule has 8 nitrogen and oxygen atoms in total. The van der Waals surface area contributed by atoms with E-state index >= 15 is 0 Å². The van der Waals surface area contributed by atoms with Crippen LogP contribution in [0.3, 0.4) is 0 Å². The summed E-state index contributed by atoms with van der Waals surface area (Å²) in [4.78, 5) is 43.2. The van der Waals surface area contributed by atoms with Crippen molar-refractivity contribution < 1.29 is 14.7 Å². The Bertz CT molecular complexity index is 955. The van der Waals surface area contributed by atoms with Gasteiger partial charge in [-0.1, -0.05) is 6.07 Å². The Kier molecular flexibility index (Phi) is 5.60. The van der Waals surface area contributed by atoms with Crippen LogP contribution in [0.25, 0.3) is 0 Å². The average molecular weight is 384 g/mol. The minimum atomic E-state index is -0.931. The summed E-state index contributed by atoms with van der Waals surface area (Å²) in [5, 5.41) is 13.2. The first kappa shape index (κ1) is 19.8. The van der Waals surface area contributed by atoms with E-state index in [9.17, 15) is 19.5 Å². The molecule has 2 aromatic heterocycles. The van der Waals surface area contributed by atoms with Crippen LogP contribution in [0, 0.1) is 13.8 Å². The molecule has 1 fully saturated rings. The van der Waals surface area contributed by atoms with Crippen molar-refractivity contribution in [2.75, 3.05) is 13.1 Å². The van der Waals surface area contributed by atoms with Crippen LogP contribution in [0.15, 0.2) is 35.3 Å². The molecular formula is C20H24N4O4. The second-order valence-corrected chi connectivity index (χ2v) is 7.11. The van der Waals surface area contributed by atoms with Crippen LogP contribution in [0.1, 0.15) is 38.5 Å². The third kappa shape index (κ3) is 3.82. The number of aryl methyl sites for hydroxylation is 2. The van der Waals surface area contributed by atoms with Crippen LogP contribution in [-0.4, -0.2) is 56.6 Å². The van der Waals surface area contributed by atoms with Gasteiger partial charge in [-0.15, -0.1) is 0 Å². The van der Waals surface area contributed by atoms with Gasteiger partial charge in [-0.2, -0.15) is 0 Å². The molecule has 8 heteroatoms. The maximum absolute atomic E-state index is 12.7. The molecule has 0 radical (unpaired) electrons. The fraction of sp³-hybridized carbons (Fsp3) is 0.400. The number of aliphatic hydroxyl groups excluding tert-OH is 1. The van der Waals surface area contributed by atoms with Gasteiger partial charge in [0.05, 0.1) is 12.1 Å². The maximum atomic E-state index is 12.7. The number of aromatic nitrogens is 2. The molecule has 0 saturated carbocycles. The van der Waals surface area contributed by atoms with Crippen LogP contribution in [0.2, 0.25) is 0 Å². The minimum Gasteiger partial charge on any atom is -0.389 e. The number of hydrogen-bond donors (Lipinski definition) is 2. The van der Waals surface area contributed by atoms with E-state index < -0.39 is 18.1 Å². The van der Waals surface area contributed by atoms with Crippen molar-refractivity contribution in [2.45, 2.75) is 32.4 Å². The molecule has 0 bridgehead atoms. The lowest BCUT2D eigenvalue weighted by molar-refractivity contribution is 0.0311. The number of hydrogen-bond acceptors (Lipinski definition) is 5. The molecule has 3 heterocycles. The second-order valence-electron chi connectivity index (χ2n) is 7.11. The van der Waals surface area contributed by atoms with E-state index in [0.29, 0.717) is 24.2 Å². The average Bonchev–Trinajstić information content (AvgIpc) is 2.68. The zero-order chi connectivity index (χ0) is 20.4. The Balaban J connectivity index is 1.69. The van der Waals surface area contributed by atoms with Gasteiger partial charge >= 0.3 is 0 Å². The Hall–Kier alpha value is -3.00. The fourth-order valence-electron chi connectivity index (χ4n) is 3.43. The Morgan fingerprint density at radius 1 is 1.29 bits per heavy atom. The predicted molar refractivity (Wildman–Crippen MR) is 103 cm³/mol. The maximum Gasteiger partial charge on any atom is 0.272 e. The van der Waals surface area contributed by atoms with Crippen molar-refractivity contribution in [2.24, 2.45) is 7.05 Å². The van der Waals surface area contributed by atoms with Gasteiger partial charge in [0.15, 0.2) is 0 Å². The molecule has 2 amide bonds. The third-order valence-electron chi connectivity index (χ3n) is 5.16.